The summed E-state index contributed by atoms with van der Waals surface area (Å²) < 4.78 is 4.98. The van der Waals surface area contributed by atoms with Crippen molar-refractivity contribution in [2.24, 2.45) is 0 Å². The summed E-state index contributed by atoms with van der Waals surface area (Å²) in [6.45, 7) is 1.41. The molecule has 1 N–H and O–H groups in total. The molecule has 1 atom stereocenters. The summed E-state index contributed by atoms with van der Waals surface area (Å²) in [5.41, 5.74) is 0.758. The Morgan fingerprint density at radius 3 is 3.12 bits per heavy atom. The van der Waals surface area contributed by atoms with Crippen molar-refractivity contribution in [1.29, 1.82) is 0 Å². The molecule has 0 radical (unpaired) electrons. The van der Waals surface area contributed by atoms with Gasteiger partial charge in [-0.05, 0) is 26.4 Å². The second-order valence-electron chi connectivity index (χ2n) is 4.19. The summed E-state index contributed by atoms with van der Waals surface area (Å²) >= 11 is 0. The largest absolute Gasteiger partial charge is 0.377 e. The van der Waals surface area contributed by atoms with E-state index >= 15 is 0 Å². The monoisotopic (exact) mass is 223 g/mol. The van der Waals surface area contributed by atoms with E-state index in [0.29, 0.717) is 12.4 Å². The molecule has 88 valence electrons. The molecule has 2 rings (SSSR count). The van der Waals surface area contributed by atoms with Gasteiger partial charge in [-0.25, -0.2) is 4.98 Å². The van der Waals surface area contributed by atoms with E-state index in [4.69, 9.17) is 4.74 Å². The molecule has 0 spiro atoms. The van der Waals surface area contributed by atoms with Gasteiger partial charge in [-0.3, -0.25) is 9.69 Å². The van der Waals surface area contributed by atoms with Crippen molar-refractivity contribution in [2.75, 3.05) is 20.7 Å². The predicted molar refractivity (Wildman–Crippen MR) is 60.2 cm³/mol. The van der Waals surface area contributed by atoms with Crippen LogP contribution in [-0.4, -0.2) is 35.6 Å². The van der Waals surface area contributed by atoms with E-state index < -0.39 is 0 Å². The molecule has 1 aromatic heterocycles. The number of nitrogens with one attached hydrogen (secondary N) is 1. The number of H-pyrrole nitrogens is 1. The first-order chi connectivity index (χ1) is 7.70. The second kappa shape index (κ2) is 4.76. The smallest absolute Gasteiger partial charge is 0.251 e. The van der Waals surface area contributed by atoms with E-state index in [1.54, 1.807) is 13.2 Å². The van der Waals surface area contributed by atoms with Gasteiger partial charge in [0, 0.05) is 13.2 Å². The first-order valence-electron chi connectivity index (χ1n) is 5.50. The molecule has 16 heavy (non-hydrogen) atoms. The van der Waals surface area contributed by atoms with Gasteiger partial charge >= 0.3 is 0 Å². The molecular weight excluding hydrogens is 206 g/mol. The number of rotatable bonds is 3. The Morgan fingerprint density at radius 1 is 1.69 bits per heavy atom. The molecule has 5 heteroatoms. The van der Waals surface area contributed by atoms with Crippen molar-refractivity contribution in [3.05, 3.63) is 27.9 Å². The van der Waals surface area contributed by atoms with E-state index in [1.165, 1.54) is 0 Å². The lowest BCUT2D eigenvalue weighted by Crippen LogP contribution is -2.22. The lowest BCUT2D eigenvalue weighted by Gasteiger charge is -2.18. The van der Waals surface area contributed by atoms with Gasteiger partial charge < -0.3 is 9.72 Å². The molecule has 1 aliphatic rings. The Kier molecular flexibility index (Phi) is 3.36. The molecule has 0 amide bonds. The fourth-order valence-corrected chi connectivity index (χ4v) is 2.19. The summed E-state index contributed by atoms with van der Waals surface area (Å²) in [6.07, 6.45) is 2.23. The number of aromatic amines is 1. The summed E-state index contributed by atoms with van der Waals surface area (Å²) in [4.78, 5) is 20.8. The highest BCUT2D eigenvalue weighted by Gasteiger charge is 2.24. The van der Waals surface area contributed by atoms with Crippen LogP contribution in [-0.2, 0) is 11.3 Å². The van der Waals surface area contributed by atoms with Crippen molar-refractivity contribution >= 4 is 0 Å². The van der Waals surface area contributed by atoms with Crippen LogP contribution in [0.15, 0.2) is 10.9 Å². The van der Waals surface area contributed by atoms with Crippen LogP contribution in [0.3, 0.4) is 0 Å². The van der Waals surface area contributed by atoms with Gasteiger partial charge in [0.1, 0.15) is 12.4 Å². The first kappa shape index (κ1) is 11.3. The first-order valence-corrected chi connectivity index (χ1v) is 5.50. The van der Waals surface area contributed by atoms with Gasteiger partial charge in [-0.1, -0.05) is 0 Å². The quantitative estimate of drug-likeness (QED) is 0.818. The van der Waals surface area contributed by atoms with Crippen LogP contribution in [0.1, 0.15) is 30.4 Å². The Morgan fingerprint density at radius 2 is 2.50 bits per heavy atom. The average molecular weight is 223 g/mol. The maximum absolute atomic E-state index is 11.5. The lowest BCUT2D eigenvalue weighted by atomic mass is 10.1. The highest BCUT2D eigenvalue weighted by molar-refractivity contribution is 5.09. The number of likely N-dealkylation sites (tertiary alicyclic amines) is 1. The summed E-state index contributed by atoms with van der Waals surface area (Å²) in [6, 6.07) is 1.86. The summed E-state index contributed by atoms with van der Waals surface area (Å²) in [7, 11) is 3.66. The number of methoxy groups -OCH3 is 1. The van der Waals surface area contributed by atoms with Crippen LogP contribution in [0.25, 0.3) is 0 Å². The maximum Gasteiger partial charge on any atom is 0.251 e. The average Bonchev–Trinajstić information content (AvgIpc) is 2.64. The van der Waals surface area contributed by atoms with Crippen LogP contribution in [0.4, 0.5) is 0 Å². The molecule has 2 heterocycles. The van der Waals surface area contributed by atoms with Crippen LogP contribution < -0.4 is 5.56 Å². The van der Waals surface area contributed by atoms with Gasteiger partial charge in [-0.2, -0.15) is 0 Å². The van der Waals surface area contributed by atoms with Gasteiger partial charge in [-0.15, -0.1) is 0 Å². The minimum absolute atomic E-state index is 0.0997. The van der Waals surface area contributed by atoms with E-state index in [9.17, 15) is 4.79 Å². The Balaban J connectivity index is 2.29. The third kappa shape index (κ3) is 2.31. The van der Waals surface area contributed by atoms with E-state index in [0.717, 1.165) is 25.1 Å². The molecule has 5 nitrogen and oxygen atoms in total. The van der Waals surface area contributed by atoms with E-state index in [-0.39, 0.29) is 11.6 Å². The number of ether oxygens (including phenoxy) is 1. The lowest BCUT2D eigenvalue weighted by molar-refractivity contribution is 0.176. The molecule has 0 bridgehead atoms. The molecule has 1 aromatic rings. The number of hydrogen-bond donors (Lipinski definition) is 1. The second-order valence-corrected chi connectivity index (χ2v) is 4.19. The fraction of sp³-hybridized carbons (Fsp3) is 0.636. The Labute approximate surface area is 94.5 Å². The van der Waals surface area contributed by atoms with Crippen LogP contribution in [0.5, 0.6) is 0 Å². The minimum Gasteiger partial charge on any atom is -0.377 e. The maximum atomic E-state index is 11.5. The molecule has 0 aliphatic carbocycles. The third-order valence-corrected chi connectivity index (χ3v) is 2.95. The van der Waals surface area contributed by atoms with Crippen LogP contribution in [0.2, 0.25) is 0 Å². The fourth-order valence-electron chi connectivity index (χ4n) is 2.19. The van der Waals surface area contributed by atoms with Gasteiger partial charge in [0.15, 0.2) is 0 Å². The van der Waals surface area contributed by atoms with Gasteiger partial charge in [0.2, 0.25) is 0 Å². The van der Waals surface area contributed by atoms with Crippen molar-refractivity contribution in [2.45, 2.75) is 25.5 Å². The number of hydrogen-bond acceptors (Lipinski definition) is 4. The number of nitrogens with zero attached hydrogens (tertiary/aromatic N) is 2. The van der Waals surface area contributed by atoms with E-state index in [2.05, 4.69) is 21.9 Å². The Hall–Kier alpha value is -1.20. The molecule has 1 aliphatic heterocycles. The molecule has 1 saturated heterocycles. The van der Waals surface area contributed by atoms with Crippen molar-refractivity contribution < 1.29 is 4.74 Å². The van der Waals surface area contributed by atoms with E-state index in [1.807, 2.05) is 0 Å². The zero-order valence-electron chi connectivity index (χ0n) is 9.69. The highest BCUT2D eigenvalue weighted by Crippen LogP contribution is 2.28. The topological polar surface area (TPSA) is 58.2 Å². The summed E-state index contributed by atoms with van der Waals surface area (Å²) in [5, 5.41) is 0. The Bertz CT molecular complexity index is 416. The molecular formula is C11H17N3O2. The summed E-state index contributed by atoms with van der Waals surface area (Å²) in [5.74, 6) is 0.602. The van der Waals surface area contributed by atoms with Gasteiger partial charge in [0.25, 0.3) is 5.56 Å². The molecule has 1 fully saturated rings. The molecule has 0 saturated carbocycles. The van der Waals surface area contributed by atoms with Crippen LogP contribution >= 0.6 is 0 Å². The molecule has 1 unspecified atom stereocenters. The predicted octanol–water partition coefficient (Wildman–Crippen LogP) is 0.683. The normalized spacial score (nSPS) is 21.5. The van der Waals surface area contributed by atoms with Crippen molar-refractivity contribution in [3.8, 4) is 0 Å². The van der Waals surface area contributed by atoms with Gasteiger partial charge in [0.05, 0.1) is 11.7 Å². The third-order valence-electron chi connectivity index (χ3n) is 2.95. The standard InChI is InChI=1S/C11H17N3O2/c1-14-5-3-4-9(14)8-6-11(15)13-10(12-8)7-16-2/h6,9H,3-5,7H2,1-2H3,(H,12,13,15). The zero-order valence-corrected chi connectivity index (χ0v) is 9.69. The van der Waals surface area contributed by atoms with Crippen LogP contribution in [0, 0.1) is 0 Å². The van der Waals surface area contributed by atoms with Crippen molar-refractivity contribution in [3.63, 3.8) is 0 Å². The molecule has 0 aromatic carbocycles. The zero-order chi connectivity index (χ0) is 11.5. The highest BCUT2D eigenvalue weighted by atomic mass is 16.5. The van der Waals surface area contributed by atoms with Crippen molar-refractivity contribution in [1.82, 2.24) is 14.9 Å². The minimum atomic E-state index is -0.0997. The number of aromatic nitrogens is 2. The SMILES string of the molecule is COCc1nc(C2CCCN2C)cc(=O)[nH]1.